The Kier molecular flexibility index (Phi) is 19.4. The lowest BCUT2D eigenvalue weighted by Crippen LogP contribution is -2.42. The van der Waals surface area contributed by atoms with Gasteiger partial charge in [0.15, 0.2) is 0 Å². The van der Waals surface area contributed by atoms with Gasteiger partial charge in [-0.1, -0.05) is 53.4 Å². The minimum Gasteiger partial charge on any atom is -0.453 e. The van der Waals surface area contributed by atoms with Crippen molar-refractivity contribution in [3.05, 3.63) is 18.2 Å². The van der Waals surface area contributed by atoms with E-state index >= 15 is 0 Å². The average Bonchev–Trinajstić information content (AvgIpc) is 3.14. The van der Waals surface area contributed by atoms with Gasteiger partial charge in [0.25, 0.3) is 0 Å². The normalized spacial score (nSPS) is 12.7. The predicted octanol–water partition coefficient (Wildman–Crippen LogP) is 3.95. The first-order chi connectivity index (χ1) is 12.5. The molecule has 26 heavy (non-hydrogen) atoms. The zero-order valence-corrected chi connectivity index (χ0v) is 17.4. The highest BCUT2D eigenvalue weighted by atomic mass is 16.5. The molecule has 1 aliphatic carbocycles. The average molecular weight is 371 g/mol. The summed E-state index contributed by atoms with van der Waals surface area (Å²) in [5, 5.41) is 5.24. The Bertz CT molecular complexity index is 430. The van der Waals surface area contributed by atoms with Gasteiger partial charge in [-0.3, -0.25) is 4.79 Å². The number of ether oxygens (including phenoxy) is 1. The number of methoxy groups -OCH3 is 1. The van der Waals surface area contributed by atoms with Crippen molar-refractivity contribution in [1.82, 2.24) is 20.6 Å². The summed E-state index contributed by atoms with van der Waals surface area (Å²) >= 11 is 0. The van der Waals surface area contributed by atoms with Gasteiger partial charge in [0.05, 0.1) is 13.4 Å². The maximum absolute atomic E-state index is 11.4. The highest BCUT2D eigenvalue weighted by Gasteiger charge is 2.15. The summed E-state index contributed by atoms with van der Waals surface area (Å²) in [6.45, 7) is 10.2. The molecule has 1 aromatic rings. The molecule has 0 radical (unpaired) electrons. The molecule has 0 aromatic carbocycles. The van der Waals surface area contributed by atoms with Crippen LogP contribution < -0.4 is 10.6 Å². The first kappa shape index (κ1) is 26.2. The van der Waals surface area contributed by atoms with Crippen molar-refractivity contribution in [3.8, 4) is 0 Å². The van der Waals surface area contributed by atoms with E-state index in [4.69, 9.17) is 0 Å². The lowest BCUT2D eigenvalue weighted by Gasteiger charge is -2.22. The molecule has 0 saturated heterocycles. The summed E-state index contributed by atoms with van der Waals surface area (Å²) in [5.41, 5.74) is 1.11. The second kappa shape index (κ2) is 19.3. The maximum atomic E-state index is 11.4. The summed E-state index contributed by atoms with van der Waals surface area (Å²) in [6.07, 6.45) is 9.81. The Morgan fingerprint density at radius 2 is 1.81 bits per heavy atom. The Balaban J connectivity index is 0. The summed E-state index contributed by atoms with van der Waals surface area (Å²) in [7, 11) is 1.27. The van der Waals surface area contributed by atoms with Gasteiger partial charge in [-0.2, -0.15) is 0 Å². The summed E-state index contributed by atoms with van der Waals surface area (Å²) < 4.78 is 4.36. The van der Waals surface area contributed by atoms with Crippen LogP contribution in [-0.4, -0.2) is 41.7 Å². The summed E-state index contributed by atoms with van der Waals surface area (Å²) in [4.78, 5) is 28.7. The van der Waals surface area contributed by atoms with Crippen molar-refractivity contribution in [2.45, 2.75) is 79.2 Å². The Morgan fingerprint density at radius 3 is 2.19 bits per heavy atom. The second-order valence-electron chi connectivity index (χ2n) is 5.69. The van der Waals surface area contributed by atoms with Gasteiger partial charge in [-0.05, 0) is 19.8 Å². The van der Waals surface area contributed by atoms with Gasteiger partial charge in [0.2, 0.25) is 5.91 Å². The molecule has 1 heterocycles. The first-order valence-electron chi connectivity index (χ1n) is 9.59. The number of amides is 2. The van der Waals surface area contributed by atoms with Crippen LogP contribution in [0.1, 0.15) is 71.9 Å². The number of nitrogens with one attached hydrogen (secondary N) is 3. The van der Waals surface area contributed by atoms with Gasteiger partial charge in [0.1, 0.15) is 6.54 Å². The fraction of sp³-hybridized carbons (Fsp3) is 0.737. The van der Waals surface area contributed by atoms with Crippen LogP contribution in [0.25, 0.3) is 0 Å². The van der Waals surface area contributed by atoms with Crippen molar-refractivity contribution < 1.29 is 14.3 Å². The van der Waals surface area contributed by atoms with E-state index in [0.717, 1.165) is 18.5 Å². The minimum absolute atomic E-state index is 0.0107. The van der Waals surface area contributed by atoms with Crippen molar-refractivity contribution >= 4 is 12.0 Å². The smallest absolute Gasteiger partial charge is 0.407 e. The van der Waals surface area contributed by atoms with Gasteiger partial charge >= 0.3 is 6.09 Å². The molecule has 7 nitrogen and oxygen atoms in total. The predicted molar refractivity (Wildman–Crippen MR) is 106 cm³/mol. The fourth-order valence-electron chi connectivity index (χ4n) is 2.08. The van der Waals surface area contributed by atoms with Crippen LogP contribution in [0.2, 0.25) is 0 Å². The third-order valence-corrected chi connectivity index (χ3v) is 3.18. The van der Waals surface area contributed by atoms with Crippen molar-refractivity contribution in [3.63, 3.8) is 0 Å². The number of alkyl carbamates (subject to hydrolysis) is 1. The molecule has 3 N–H and O–H groups in total. The van der Waals surface area contributed by atoms with Crippen LogP contribution in [0.4, 0.5) is 4.79 Å². The number of aryl methyl sites for hydroxylation is 1. The summed E-state index contributed by atoms with van der Waals surface area (Å²) in [6, 6.07) is 0.283. The minimum atomic E-state index is -0.575. The van der Waals surface area contributed by atoms with Gasteiger partial charge in [-0.15, -0.1) is 0 Å². The number of nitrogens with zero attached hydrogens (tertiary/aromatic N) is 1. The molecule has 1 fully saturated rings. The number of imidazole rings is 1. The van der Waals surface area contributed by atoms with E-state index in [9.17, 15) is 9.59 Å². The van der Waals surface area contributed by atoms with E-state index in [1.807, 2.05) is 20.8 Å². The Labute approximate surface area is 158 Å². The highest BCUT2D eigenvalue weighted by Crippen LogP contribution is 2.16. The zero-order valence-electron chi connectivity index (χ0n) is 17.4. The highest BCUT2D eigenvalue weighted by molar-refractivity contribution is 5.82. The largest absolute Gasteiger partial charge is 0.453 e. The van der Waals surface area contributed by atoms with Crippen LogP contribution in [0.3, 0.4) is 0 Å². The van der Waals surface area contributed by atoms with Gasteiger partial charge in [0, 0.05) is 17.9 Å². The monoisotopic (exact) mass is 370 g/mol. The van der Waals surface area contributed by atoms with Crippen molar-refractivity contribution in [2.24, 2.45) is 0 Å². The molecule has 0 atom stereocenters. The second-order valence-corrected chi connectivity index (χ2v) is 5.69. The maximum Gasteiger partial charge on any atom is 0.407 e. The molecule has 2 rings (SSSR count). The molecule has 1 aliphatic rings. The van der Waals surface area contributed by atoms with E-state index in [-0.39, 0.29) is 18.5 Å². The molecule has 0 spiro atoms. The molecule has 0 bridgehead atoms. The fourth-order valence-corrected chi connectivity index (χ4v) is 2.08. The topological polar surface area (TPSA) is 96.1 Å². The molecule has 7 heteroatoms. The number of aromatic nitrogens is 2. The van der Waals surface area contributed by atoms with Crippen molar-refractivity contribution in [2.75, 3.05) is 13.7 Å². The Hall–Kier alpha value is -2.05. The molecule has 2 amide bonds. The first-order valence-corrected chi connectivity index (χ1v) is 9.59. The number of hydrogen-bond donors (Lipinski definition) is 3. The van der Waals surface area contributed by atoms with Crippen LogP contribution in [0, 0.1) is 6.92 Å². The molecular formula is C19H38N4O3. The number of hydrogen-bond acceptors (Lipinski definition) is 4. The molecule has 1 saturated carbocycles. The molecule has 0 aliphatic heterocycles. The lowest BCUT2D eigenvalue weighted by molar-refractivity contribution is -0.121. The van der Waals surface area contributed by atoms with Crippen LogP contribution in [0.5, 0.6) is 0 Å². The SMILES string of the molecule is CC.CCC.COC(=O)NCC(=O)NC1CCCCC1.Cc1cnc[nH]1. The van der Waals surface area contributed by atoms with E-state index < -0.39 is 6.09 Å². The zero-order chi connectivity index (χ0) is 20.2. The third kappa shape index (κ3) is 16.8. The van der Waals surface area contributed by atoms with Crippen LogP contribution in [0.15, 0.2) is 12.5 Å². The number of carbonyl (C=O) groups excluding carboxylic acids is 2. The number of carbonyl (C=O) groups is 2. The standard InChI is InChI=1S/C10H18N2O3.C4H6N2.C3H8.C2H6/c1-15-10(14)11-7-9(13)12-8-5-3-2-4-6-8;1-4-2-5-3-6-4;1-3-2;1-2/h8H,2-7H2,1H3,(H,11,14)(H,12,13);2-3H,1H3,(H,5,6);3H2,1-2H3;1-2H3. The molecule has 0 unspecified atom stereocenters. The third-order valence-electron chi connectivity index (χ3n) is 3.18. The van der Waals surface area contributed by atoms with E-state index in [2.05, 4.69) is 39.2 Å². The molecular weight excluding hydrogens is 332 g/mol. The number of H-pyrrole nitrogens is 1. The number of rotatable bonds is 3. The van der Waals surface area contributed by atoms with E-state index in [1.165, 1.54) is 32.8 Å². The lowest BCUT2D eigenvalue weighted by atomic mass is 9.95. The Morgan fingerprint density at radius 1 is 1.23 bits per heavy atom. The van der Waals surface area contributed by atoms with E-state index in [1.54, 1.807) is 12.5 Å². The molecule has 1 aromatic heterocycles. The quantitative estimate of drug-likeness (QED) is 0.750. The van der Waals surface area contributed by atoms with Crippen LogP contribution >= 0.6 is 0 Å². The number of aromatic amines is 1. The van der Waals surface area contributed by atoms with Crippen LogP contribution in [-0.2, 0) is 9.53 Å². The van der Waals surface area contributed by atoms with Gasteiger partial charge in [-0.25, -0.2) is 9.78 Å². The van der Waals surface area contributed by atoms with Crippen molar-refractivity contribution in [1.29, 1.82) is 0 Å². The van der Waals surface area contributed by atoms with Gasteiger partial charge < -0.3 is 20.4 Å². The van der Waals surface area contributed by atoms with E-state index in [0.29, 0.717) is 0 Å². The summed E-state index contributed by atoms with van der Waals surface area (Å²) in [5.74, 6) is -0.146. The molecule has 152 valence electrons.